The maximum absolute atomic E-state index is 12.2. The minimum atomic E-state index is -5.02. The van der Waals surface area contributed by atoms with E-state index in [1.807, 2.05) is 19.1 Å². The molecule has 2 saturated carbocycles. The Morgan fingerprint density at radius 3 is 1.48 bits per heavy atom. The highest BCUT2D eigenvalue weighted by molar-refractivity contribution is 5.99. The summed E-state index contributed by atoms with van der Waals surface area (Å²) < 4.78 is 36.5. The van der Waals surface area contributed by atoms with Crippen molar-refractivity contribution in [3.63, 3.8) is 0 Å². The molecule has 4 aromatic rings. The largest absolute Gasteiger partial charge is 0.471 e. The summed E-state index contributed by atoms with van der Waals surface area (Å²) >= 11 is 0. The van der Waals surface area contributed by atoms with Gasteiger partial charge in [0, 0.05) is 48.5 Å². The minimum Gasteiger partial charge on any atom is -0.341 e. The second kappa shape index (κ2) is 15.4. The zero-order valence-electron chi connectivity index (χ0n) is 28.2. The molecule has 0 spiro atoms. The summed E-state index contributed by atoms with van der Waals surface area (Å²) in [5, 5.41) is 1.55. The second-order valence-corrected chi connectivity index (χ2v) is 13.4. The van der Waals surface area contributed by atoms with E-state index in [-0.39, 0.29) is 28.7 Å². The summed E-state index contributed by atoms with van der Waals surface area (Å²) in [5.41, 5.74) is 11.2. The molecule has 6 rings (SSSR count). The number of alkyl halides is 3. The Labute approximate surface area is 289 Å². The first kappa shape index (κ1) is 36.4. The highest BCUT2D eigenvalue weighted by Crippen LogP contribution is 2.47. The van der Waals surface area contributed by atoms with Crippen molar-refractivity contribution in [2.75, 3.05) is 13.1 Å². The van der Waals surface area contributed by atoms with E-state index in [1.54, 1.807) is 17.7 Å². The lowest BCUT2D eigenvalue weighted by Crippen LogP contribution is -2.39. The highest BCUT2D eigenvalue weighted by Gasteiger charge is 2.41. The van der Waals surface area contributed by atoms with Gasteiger partial charge in [-0.15, -0.1) is 0 Å². The van der Waals surface area contributed by atoms with E-state index in [2.05, 4.69) is 63.3 Å². The van der Waals surface area contributed by atoms with Crippen LogP contribution in [-0.4, -0.2) is 56.7 Å². The summed E-state index contributed by atoms with van der Waals surface area (Å²) in [5.74, 6) is -1.57. The van der Waals surface area contributed by atoms with Crippen LogP contribution in [0.3, 0.4) is 0 Å². The van der Waals surface area contributed by atoms with Crippen LogP contribution >= 0.6 is 0 Å². The van der Waals surface area contributed by atoms with Gasteiger partial charge in [0.05, 0.1) is 24.2 Å². The van der Waals surface area contributed by atoms with Crippen LogP contribution in [-0.2, 0) is 28.5 Å². The smallest absolute Gasteiger partial charge is 0.341 e. The monoisotopic (exact) mass is 686 g/mol. The van der Waals surface area contributed by atoms with E-state index >= 15 is 0 Å². The second-order valence-electron chi connectivity index (χ2n) is 13.4. The highest BCUT2D eigenvalue weighted by atomic mass is 19.4. The summed E-state index contributed by atoms with van der Waals surface area (Å²) in [6.07, 6.45) is 9.01. The normalized spacial score (nSPS) is 15.8. The number of nitrogens with one attached hydrogen (secondary N) is 1. The molecule has 2 aliphatic rings. The molecule has 50 heavy (non-hydrogen) atoms. The van der Waals surface area contributed by atoms with Crippen molar-refractivity contribution in [2.45, 2.75) is 82.2 Å². The molecule has 2 aliphatic carbocycles. The minimum absolute atomic E-state index is 0.00403. The number of ketones is 2. The van der Waals surface area contributed by atoms with Crippen molar-refractivity contribution in [1.82, 2.24) is 25.3 Å². The van der Waals surface area contributed by atoms with Crippen LogP contribution in [0.2, 0.25) is 0 Å². The number of amides is 1. The zero-order chi connectivity index (χ0) is 35.9. The Hall–Kier alpha value is -4.84. The number of nitrogens with zero attached hydrogens (tertiary/aromatic N) is 4. The fourth-order valence-corrected chi connectivity index (χ4v) is 6.56. The number of aromatic nitrogens is 4. The number of halogens is 3. The first-order valence-corrected chi connectivity index (χ1v) is 16.7. The Morgan fingerprint density at radius 1 is 0.720 bits per heavy atom. The summed E-state index contributed by atoms with van der Waals surface area (Å²) in [4.78, 5) is 51.5. The summed E-state index contributed by atoms with van der Waals surface area (Å²) in [7, 11) is 0. The summed E-state index contributed by atoms with van der Waals surface area (Å²) in [6.45, 7) is 3.41. The lowest BCUT2D eigenvalue weighted by Gasteiger charge is -2.42. The quantitative estimate of drug-likeness (QED) is 0.186. The first-order chi connectivity index (χ1) is 23.8. The SMILES string of the molecule is Cc1cccc(C2(Cc3ncc(C(=O)CN)cn3)CCC2)c1.Cc1cccc(C2(Cc3ncc(C(=O)CNC(=O)C(F)(F)F)cn3)CCC2)c1. The van der Waals surface area contributed by atoms with E-state index in [9.17, 15) is 27.6 Å². The van der Waals surface area contributed by atoms with Crippen LogP contribution in [0.1, 0.15) is 93.1 Å². The number of hydrogen-bond acceptors (Lipinski definition) is 8. The van der Waals surface area contributed by atoms with Gasteiger partial charge in [0.15, 0.2) is 11.6 Å². The number of rotatable bonds is 11. The van der Waals surface area contributed by atoms with Crippen LogP contribution in [0.5, 0.6) is 0 Å². The van der Waals surface area contributed by atoms with Crippen LogP contribution < -0.4 is 11.1 Å². The molecule has 1 amide bonds. The van der Waals surface area contributed by atoms with Crippen LogP contribution in [0.15, 0.2) is 73.3 Å². The Balaban J connectivity index is 0.000000200. The van der Waals surface area contributed by atoms with Gasteiger partial charge in [-0.05, 0) is 50.7 Å². The van der Waals surface area contributed by atoms with Crippen molar-refractivity contribution >= 4 is 17.5 Å². The molecule has 0 aliphatic heterocycles. The Bertz CT molecular complexity index is 1820. The molecular weight excluding hydrogens is 645 g/mol. The maximum Gasteiger partial charge on any atom is 0.471 e. The van der Waals surface area contributed by atoms with Crippen molar-refractivity contribution < 1.29 is 27.6 Å². The first-order valence-electron chi connectivity index (χ1n) is 16.7. The van der Waals surface area contributed by atoms with Crippen molar-refractivity contribution in [3.05, 3.63) is 118 Å². The molecule has 0 unspecified atom stereocenters. The van der Waals surface area contributed by atoms with Crippen LogP contribution in [0.4, 0.5) is 13.2 Å². The predicted octanol–water partition coefficient (Wildman–Crippen LogP) is 5.90. The number of carbonyl (C=O) groups is 3. The van der Waals surface area contributed by atoms with Gasteiger partial charge in [0.2, 0.25) is 0 Å². The van der Waals surface area contributed by atoms with Gasteiger partial charge >= 0.3 is 12.1 Å². The molecule has 12 heteroatoms. The van der Waals surface area contributed by atoms with Gasteiger partial charge in [-0.2, -0.15) is 13.2 Å². The van der Waals surface area contributed by atoms with Gasteiger partial charge in [-0.25, -0.2) is 19.9 Å². The van der Waals surface area contributed by atoms with E-state index in [0.717, 1.165) is 31.5 Å². The topological polar surface area (TPSA) is 141 Å². The van der Waals surface area contributed by atoms with Crippen molar-refractivity contribution in [3.8, 4) is 0 Å². The predicted molar refractivity (Wildman–Crippen MR) is 182 cm³/mol. The van der Waals surface area contributed by atoms with Gasteiger partial charge in [0.1, 0.15) is 11.6 Å². The molecule has 0 saturated heterocycles. The lowest BCUT2D eigenvalue weighted by atomic mass is 9.62. The van der Waals surface area contributed by atoms with Gasteiger partial charge < -0.3 is 11.1 Å². The number of Topliss-reactive ketones (excluding diaryl/α,β-unsaturated/α-hetero) is 2. The third-order valence-electron chi connectivity index (χ3n) is 9.78. The maximum atomic E-state index is 12.2. The van der Waals surface area contributed by atoms with E-state index in [0.29, 0.717) is 17.8 Å². The van der Waals surface area contributed by atoms with Gasteiger partial charge in [0.25, 0.3) is 0 Å². The average Bonchev–Trinajstić information content (AvgIpc) is 3.07. The van der Waals surface area contributed by atoms with E-state index in [4.69, 9.17) is 5.73 Å². The van der Waals surface area contributed by atoms with Gasteiger partial charge in [-0.1, -0.05) is 72.5 Å². The van der Waals surface area contributed by atoms with E-state index in [1.165, 1.54) is 53.9 Å². The Morgan fingerprint density at radius 2 is 1.14 bits per heavy atom. The summed E-state index contributed by atoms with van der Waals surface area (Å²) in [6, 6.07) is 17.1. The molecule has 2 fully saturated rings. The number of benzene rings is 2. The molecule has 0 bridgehead atoms. The van der Waals surface area contributed by atoms with Crippen molar-refractivity contribution in [1.29, 1.82) is 0 Å². The third kappa shape index (κ3) is 8.65. The molecule has 2 heterocycles. The average molecular weight is 687 g/mol. The lowest BCUT2D eigenvalue weighted by molar-refractivity contribution is -0.173. The number of carbonyl (C=O) groups excluding carboxylic acids is 3. The molecule has 9 nitrogen and oxygen atoms in total. The fraction of sp³-hybridized carbons (Fsp3) is 0.395. The number of hydrogen-bond donors (Lipinski definition) is 2. The molecule has 3 N–H and O–H groups in total. The van der Waals surface area contributed by atoms with E-state index < -0.39 is 24.4 Å². The number of nitrogens with two attached hydrogens (primary N) is 1. The molecule has 262 valence electrons. The molecule has 0 radical (unpaired) electrons. The van der Waals surface area contributed by atoms with Crippen LogP contribution in [0.25, 0.3) is 0 Å². The zero-order valence-corrected chi connectivity index (χ0v) is 28.2. The number of aryl methyl sites for hydroxylation is 2. The molecular formula is C38H41F3N6O3. The molecule has 0 atom stereocenters. The fourth-order valence-electron chi connectivity index (χ4n) is 6.56. The third-order valence-corrected chi connectivity index (χ3v) is 9.78. The van der Waals surface area contributed by atoms with Crippen LogP contribution in [0, 0.1) is 13.8 Å². The Kier molecular flexibility index (Phi) is 11.2. The molecule has 2 aromatic carbocycles. The standard InChI is InChI=1S/C20H20F3N3O2.C18H21N3O/c1-13-4-2-5-15(8-13)19(6-3-7-19)9-17-24-10-14(11-25-17)16(27)12-26-18(28)20(21,22)23;1-13-4-2-5-15(8-13)18(6-3-7-18)9-17-20-11-14(12-21-17)16(22)10-19/h2,4-5,8,10-11H,3,6-7,9,12H2,1H3,(H,26,28);2,4-5,8,11-12H,3,6-7,9-10,19H2,1H3. The van der Waals surface area contributed by atoms with Crippen molar-refractivity contribution in [2.24, 2.45) is 5.73 Å². The van der Waals surface area contributed by atoms with Gasteiger partial charge in [-0.3, -0.25) is 14.4 Å². The molecule has 2 aromatic heterocycles.